The van der Waals surface area contributed by atoms with Crippen LogP contribution < -0.4 is 9.62 Å². The lowest BCUT2D eigenvalue weighted by molar-refractivity contribution is -0.140. The van der Waals surface area contributed by atoms with E-state index in [1.165, 1.54) is 23.1 Å². The van der Waals surface area contributed by atoms with Gasteiger partial charge in [0, 0.05) is 28.5 Å². The van der Waals surface area contributed by atoms with Crippen molar-refractivity contribution < 1.29 is 18.0 Å². The summed E-state index contributed by atoms with van der Waals surface area (Å²) in [5.74, 6) is -0.889. The lowest BCUT2D eigenvalue weighted by Gasteiger charge is -2.34. The number of carbonyl (C=O) groups is 2. The predicted octanol–water partition coefficient (Wildman–Crippen LogP) is 6.08. The van der Waals surface area contributed by atoms with E-state index in [-0.39, 0.29) is 40.6 Å². The van der Waals surface area contributed by atoms with E-state index in [1.54, 1.807) is 0 Å². The zero-order valence-corrected chi connectivity index (χ0v) is 26.4. The molecular formula is C29H32BrCl2N3O4S. The number of nitrogens with zero attached hydrogens (tertiary/aromatic N) is 2. The van der Waals surface area contributed by atoms with Gasteiger partial charge >= 0.3 is 0 Å². The molecule has 0 spiro atoms. The lowest BCUT2D eigenvalue weighted by Crippen LogP contribution is -2.54. The summed E-state index contributed by atoms with van der Waals surface area (Å²) >= 11 is 15.9. The van der Waals surface area contributed by atoms with Crippen LogP contribution in [0.15, 0.2) is 77.3 Å². The summed E-state index contributed by atoms with van der Waals surface area (Å²) in [5.41, 5.74) is 1.72. The second kappa shape index (κ2) is 14.3. The Morgan fingerprint density at radius 1 is 0.975 bits per heavy atom. The van der Waals surface area contributed by atoms with Crippen molar-refractivity contribution >= 4 is 66.7 Å². The van der Waals surface area contributed by atoms with E-state index in [4.69, 9.17) is 23.2 Å². The Kier molecular flexibility index (Phi) is 11.5. The fraction of sp³-hybridized carbons (Fsp3) is 0.310. The first-order valence-corrected chi connectivity index (χ1v) is 16.1. The van der Waals surface area contributed by atoms with Crippen molar-refractivity contribution in [1.82, 2.24) is 10.2 Å². The molecule has 2 amide bonds. The number of hydrogen-bond acceptors (Lipinski definition) is 4. The van der Waals surface area contributed by atoms with Crippen LogP contribution in [0.1, 0.15) is 31.4 Å². The highest BCUT2D eigenvalue weighted by molar-refractivity contribution is 9.10. The van der Waals surface area contributed by atoms with Crippen LogP contribution in [-0.2, 0) is 32.6 Å². The van der Waals surface area contributed by atoms with Crippen molar-refractivity contribution in [3.8, 4) is 0 Å². The second-order valence-corrected chi connectivity index (χ2v) is 13.2. The molecule has 0 fully saturated rings. The molecule has 0 bridgehead atoms. The molecular weight excluding hydrogens is 637 g/mol. The van der Waals surface area contributed by atoms with E-state index >= 15 is 0 Å². The van der Waals surface area contributed by atoms with Gasteiger partial charge in [0.15, 0.2) is 0 Å². The number of amides is 2. The summed E-state index contributed by atoms with van der Waals surface area (Å²) in [6.07, 6.45) is 1.94. The van der Waals surface area contributed by atoms with Crippen molar-refractivity contribution in [2.45, 2.75) is 45.3 Å². The van der Waals surface area contributed by atoms with Crippen molar-refractivity contribution in [3.05, 3.63) is 98.4 Å². The van der Waals surface area contributed by atoms with Gasteiger partial charge < -0.3 is 10.2 Å². The third-order valence-corrected chi connectivity index (χ3v) is 8.60. The maximum absolute atomic E-state index is 14.1. The minimum absolute atomic E-state index is 0.0808. The van der Waals surface area contributed by atoms with Crippen LogP contribution >= 0.6 is 39.1 Å². The largest absolute Gasteiger partial charge is 0.352 e. The highest BCUT2D eigenvalue weighted by Crippen LogP contribution is 2.31. The van der Waals surface area contributed by atoms with Gasteiger partial charge in [-0.2, -0.15) is 0 Å². The van der Waals surface area contributed by atoms with Crippen LogP contribution in [0.4, 0.5) is 5.69 Å². The highest BCUT2D eigenvalue weighted by atomic mass is 79.9. The molecule has 0 heterocycles. The van der Waals surface area contributed by atoms with E-state index in [9.17, 15) is 18.0 Å². The van der Waals surface area contributed by atoms with Gasteiger partial charge in [0.05, 0.1) is 17.0 Å². The van der Waals surface area contributed by atoms with Crippen LogP contribution in [0, 0.1) is 0 Å². The number of rotatable bonds is 12. The van der Waals surface area contributed by atoms with Crippen molar-refractivity contribution in [3.63, 3.8) is 0 Å². The third-order valence-electron chi connectivity index (χ3n) is 6.39. The zero-order valence-electron chi connectivity index (χ0n) is 22.5. The first kappa shape index (κ1) is 31.9. The molecule has 0 aromatic heterocycles. The highest BCUT2D eigenvalue weighted by Gasteiger charge is 2.34. The van der Waals surface area contributed by atoms with E-state index in [1.807, 2.05) is 68.4 Å². The fourth-order valence-corrected chi connectivity index (χ4v) is 5.61. The molecule has 40 heavy (non-hydrogen) atoms. The Bertz CT molecular complexity index is 1420. The number of nitrogens with one attached hydrogen (secondary N) is 1. The number of halogens is 3. The average Bonchev–Trinajstić information content (AvgIpc) is 2.91. The summed E-state index contributed by atoms with van der Waals surface area (Å²) in [4.78, 5) is 29.2. The van der Waals surface area contributed by atoms with Gasteiger partial charge in [0.1, 0.15) is 12.6 Å². The quantitative estimate of drug-likeness (QED) is 0.254. The molecule has 0 aliphatic rings. The Morgan fingerprint density at radius 3 is 2.23 bits per heavy atom. The summed E-state index contributed by atoms with van der Waals surface area (Å²) in [6, 6.07) is 20.1. The average molecular weight is 669 g/mol. The zero-order chi connectivity index (χ0) is 29.4. The van der Waals surface area contributed by atoms with Gasteiger partial charge in [0.25, 0.3) is 0 Å². The molecule has 0 aliphatic carbocycles. The van der Waals surface area contributed by atoms with Crippen LogP contribution in [0.5, 0.6) is 0 Å². The number of anilines is 1. The molecule has 0 radical (unpaired) electrons. The van der Waals surface area contributed by atoms with E-state index in [2.05, 4.69) is 21.2 Å². The minimum atomic E-state index is -3.96. The normalized spacial score (nSPS) is 12.8. The molecule has 3 rings (SSSR count). The number of carbonyl (C=O) groups excluding carboxylic acids is 2. The number of benzene rings is 3. The first-order valence-electron chi connectivity index (χ1n) is 12.7. The van der Waals surface area contributed by atoms with Crippen molar-refractivity contribution in [2.75, 3.05) is 17.1 Å². The Hall–Kier alpha value is -2.59. The smallest absolute Gasteiger partial charge is 0.244 e. The molecule has 2 atom stereocenters. The van der Waals surface area contributed by atoms with Gasteiger partial charge in [0.2, 0.25) is 21.8 Å². The number of sulfonamides is 1. The SMILES string of the molecule is CCC(C)NC(=O)C(Cc1ccccc1)N(Cc1ccc(Br)cc1)C(=O)CN(c1cc(Cl)ccc1Cl)S(C)(=O)=O. The van der Waals surface area contributed by atoms with Gasteiger partial charge in [-0.15, -0.1) is 0 Å². The fourth-order valence-electron chi connectivity index (χ4n) is 4.05. The molecule has 7 nitrogen and oxygen atoms in total. The topological polar surface area (TPSA) is 86.8 Å². The predicted molar refractivity (Wildman–Crippen MR) is 165 cm³/mol. The minimum Gasteiger partial charge on any atom is -0.352 e. The van der Waals surface area contributed by atoms with E-state index in [0.717, 1.165) is 26.2 Å². The Morgan fingerprint density at radius 2 is 1.62 bits per heavy atom. The number of hydrogen-bond donors (Lipinski definition) is 1. The Labute approximate surface area is 254 Å². The molecule has 0 saturated heterocycles. The molecule has 214 valence electrons. The summed E-state index contributed by atoms with van der Waals surface area (Å²) in [7, 11) is -3.96. The molecule has 1 N–H and O–H groups in total. The maximum Gasteiger partial charge on any atom is 0.244 e. The molecule has 2 unspecified atom stereocenters. The summed E-state index contributed by atoms with van der Waals surface area (Å²) < 4.78 is 27.6. The van der Waals surface area contributed by atoms with Gasteiger partial charge in [-0.3, -0.25) is 13.9 Å². The molecule has 3 aromatic carbocycles. The molecule has 11 heteroatoms. The van der Waals surface area contributed by atoms with Crippen LogP contribution in [0.2, 0.25) is 10.0 Å². The molecule has 3 aromatic rings. The van der Waals surface area contributed by atoms with Crippen molar-refractivity contribution in [2.24, 2.45) is 0 Å². The van der Waals surface area contributed by atoms with Crippen molar-refractivity contribution in [1.29, 1.82) is 0 Å². The van der Waals surface area contributed by atoms with Gasteiger partial charge in [-0.25, -0.2) is 8.42 Å². The molecule has 0 aliphatic heterocycles. The third kappa shape index (κ3) is 8.96. The van der Waals surface area contributed by atoms with Gasteiger partial charge in [-0.05, 0) is 54.8 Å². The van der Waals surface area contributed by atoms with E-state index in [0.29, 0.717) is 6.42 Å². The summed E-state index contributed by atoms with van der Waals surface area (Å²) in [6.45, 7) is 3.36. The van der Waals surface area contributed by atoms with Gasteiger partial charge in [-0.1, -0.05) is 88.5 Å². The maximum atomic E-state index is 14.1. The Balaban J connectivity index is 2.08. The lowest BCUT2D eigenvalue weighted by atomic mass is 10.0. The summed E-state index contributed by atoms with van der Waals surface area (Å²) in [5, 5.41) is 3.39. The van der Waals surface area contributed by atoms with E-state index < -0.39 is 28.5 Å². The second-order valence-electron chi connectivity index (χ2n) is 9.54. The van der Waals surface area contributed by atoms with Crippen LogP contribution in [-0.4, -0.2) is 50.0 Å². The standard InChI is InChI=1S/C29H32BrCl2N3O4S/c1-4-20(2)33-29(37)27(16-21-8-6-5-7-9-21)34(18-22-10-12-23(30)13-11-22)28(36)19-35(40(3,38)39)26-17-24(31)14-15-25(26)32/h5-15,17,20,27H,4,16,18-19H2,1-3H3,(H,33,37). The monoisotopic (exact) mass is 667 g/mol. The van der Waals surface area contributed by atoms with Crippen LogP contribution in [0.3, 0.4) is 0 Å². The molecule has 0 saturated carbocycles. The first-order chi connectivity index (χ1) is 18.9. The van der Waals surface area contributed by atoms with Crippen LogP contribution in [0.25, 0.3) is 0 Å².